The van der Waals surface area contributed by atoms with Crippen molar-refractivity contribution in [2.75, 3.05) is 0 Å². The first-order chi connectivity index (χ1) is 29.2. The molecule has 2 aliphatic rings. The zero-order valence-corrected chi connectivity index (χ0v) is 34.4. The zero-order valence-electron chi connectivity index (χ0n) is 34.4. The summed E-state index contributed by atoms with van der Waals surface area (Å²) in [5.41, 5.74) is 23.1. The van der Waals surface area contributed by atoms with Crippen LogP contribution >= 0.6 is 0 Å². The maximum absolute atomic E-state index is 5.15. The van der Waals surface area contributed by atoms with E-state index in [-0.39, 0.29) is 10.8 Å². The molecule has 0 bridgehead atoms. The van der Waals surface area contributed by atoms with Crippen LogP contribution < -0.4 is 0 Å². The van der Waals surface area contributed by atoms with Crippen LogP contribution in [0.1, 0.15) is 49.9 Å². The van der Waals surface area contributed by atoms with Crippen LogP contribution in [0.25, 0.3) is 89.5 Å². The third-order valence-corrected chi connectivity index (χ3v) is 13.1. The summed E-state index contributed by atoms with van der Waals surface area (Å²) in [5, 5.41) is 0. The van der Waals surface area contributed by atoms with Crippen molar-refractivity contribution < 1.29 is 0 Å². The van der Waals surface area contributed by atoms with Crippen molar-refractivity contribution in [3.63, 3.8) is 0 Å². The SMILES string of the molecule is CC1(C)c2ccccc2-c2cc3c(cc21)-c1c(-c2ccc(-c4cccc(-c5cc(-c6ccc(-c7ccccc7)cc6)nc(-c6ccccc6)n5)c4)cc2)cccc1C3(C)C. The Hall–Kier alpha value is -7.16. The molecule has 2 heteroatoms. The van der Waals surface area contributed by atoms with Gasteiger partial charge in [0.2, 0.25) is 0 Å². The lowest BCUT2D eigenvalue weighted by Crippen LogP contribution is -2.16. The van der Waals surface area contributed by atoms with Crippen molar-refractivity contribution in [1.29, 1.82) is 0 Å². The molecule has 1 heterocycles. The maximum atomic E-state index is 5.15. The number of benzene rings is 8. The topological polar surface area (TPSA) is 25.8 Å². The first-order valence-corrected chi connectivity index (χ1v) is 21.0. The fourth-order valence-corrected chi connectivity index (χ4v) is 9.84. The summed E-state index contributed by atoms with van der Waals surface area (Å²) in [5.74, 6) is 0.711. The first-order valence-electron chi connectivity index (χ1n) is 21.0. The molecule has 11 rings (SSSR count). The van der Waals surface area contributed by atoms with E-state index in [9.17, 15) is 0 Å². The molecule has 60 heavy (non-hydrogen) atoms. The molecule has 0 amide bonds. The molecular weight excluding hydrogens is 725 g/mol. The third kappa shape index (κ3) is 5.78. The average Bonchev–Trinajstić information content (AvgIpc) is 3.68. The number of hydrogen-bond acceptors (Lipinski definition) is 2. The van der Waals surface area contributed by atoms with Gasteiger partial charge in [-0.1, -0.05) is 198 Å². The Morgan fingerprint density at radius 1 is 0.283 bits per heavy atom. The second-order valence-corrected chi connectivity index (χ2v) is 17.4. The highest BCUT2D eigenvalue weighted by Gasteiger charge is 2.42. The van der Waals surface area contributed by atoms with Crippen LogP contribution in [0.4, 0.5) is 0 Å². The van der Waals surface area contributed by atoms with Crippen LogP contribution in [-0.4, -0.2) is 9.97 Å². The van der Waals surface area contributed by atoms with Crippen LogP contribution in [0.5, 0.6) is 0 Å². The van der Waals surface area contributed by atoms with Crippen LogP contribution in [0.15, 0.2) is 194 Å². The Labute approximate surface area is 353 Å². The van der Waals surface area contributed by atoms with Crippen molar-refractivity contribution in [3.8, 4) is 89.5 Å². The molecule has 286 valence electrons. The molecule has 0 aliphatic heterocycles. The van der Waals surface area contributed by atoms with Crippen LogP contribution in [0.3, 0.4) is 0 Å². The minimum atomic E-state index is -0.107. The lowest BCUT2D eigenvalue weighted by atomic mass is 9.79. The minimum Gasteiger partial charge on any atom is -0.228 e. The van der Waals surface area contributed by atoms with E-state index in [1.54, 1.807) is 0 Å². The molecule has 8 aromatic carbocycles. The molecule has 1 aromatic heterocycles. The molecule has 0 spiro atoms. The predicted octanol–water partition coefficient (Wildman–Crippen LogP) is 15.1. The van der Waals surface area contributed by atoms with Crippen LogP contribution in [-0.2, 0) is 10.8 Å². The van der Waals surface area contributed by atoms with Gasteiger partial charge in [-0.2, -0.15) is 0 Å². The molecule has 0 N–H and O–H groups in total. The van der Waals surface area contributed by atoms with Crippen LogP contribution in [0.2, 0.25) is 0 Å². The second-order valence-electron chi connectivity index (χ2n) is 17.4. The Morgan fingerprint density at radius 2 is 0.750 bits per heavy atom. The van der Waals surface area contributed by atoms with Gasteiger partial charge in [-0.3, -0.25) is 0 Å². The molecule has 0 fully saturated rings. The molecule has 0 radical (unpaired) electrons. The highest BCUT2D eigenvalue weighted by atomic mass is 14.9. The van der Waals surface area contributed by atoms with E-state index in [0.717, 1.165) is 33.6 Å². The Balaban J connectivity index is 0.951. The fourth-order valence-electron chi connectivity index (χ4n) is 9.84. The van der Waals surface area contributed by atoms with E-state index < -0.39 is 0 Å². The molecule has 0 unspecified atom stereocenters. The van der Waals surface area contributed by atoms with Crippen molar-refractivity contribution in [2.24, 2.45) is 0 Å². The predicted molar refractivity (Wildman–Crippen MR) is 250 cm³/mol. The van der Waals surface area contributed by atoms with Gasteiger partial charge in [0.25, 0.3) is 0 Å². The summed E-state index contributed by atoms with van der Waals surface area (Å²) < 4.78 is 0. The Morgan fingerprint density at radius 3 is 1.48 bits per heavy atom. The van der Waals surface area contributed by atoms with Gasteiger partial charge in [0.1, 0.15) is 0 Å². The quantitative estimate of drug-likeness (QED) is 0.168. The standard InChI is InChI=1S/C58H44N2/c1-57(2)49-23-12-11-21-46(49)47-34-52-48(35-51(47)57)55-45(22-14-24-50(55)58(52,3)4)40-29-25-39(26-30-40)43-19-13-20-44(33-43)54-36-53(59-56(60-54)42-17-9-6-10-18-42)41-31-27-38(28-32-41)37-15-7-5-8-16-37/h5-36H,1-4H3. The van der Waals surface area contributed by atoms with Gasteiger partial charge in [0.05, 0.1) is 11.4 Å². The van der Waals surface area contributed by atoms with E-state index in [4.69, 9.17) is 9.97 Å². The normalized spacial score (nSPS) is 13.9. The number of hydrogen-bond donors (Lipinski definition) is 0. The summed E-state index contributed by atoms with van der Waals surface area (Å²) in [6.45, 7) is 9.53. The summed E-state index contributed by atoms with van der Waals surface area (Å²) in [6.07, 6.45) is 0. The first kappa shape index (κ1) is 36.0. The number of aromatic nitrogens is 2. The highest BCUT2D eigenvalue weighted by Crippen LogP contribution is 2.57. The van der Waals surface area contributed by atoms with Crippen molar-refractivity contribution in [2.45, 2.75) is 38.5 Å². The molecule has 2 nitrogen and oxygen atoms in total. The Bertz CT molecular complexity index is 3100. The number of fused-ring (bicyclic) bond motifs is 6. The van der Waals surface area contributed by atoms with Gasteiger partial charge in [-0.05, 0) is 102 Å². The van der Waals surface area contributed by atoms with Gasteiger partial charge in [-0.25, -0.2) is 9.97 Å². The highest BCUT2D eigenvalue weighted by molar-refractivity contribution is 5.96. The monoisotopic (exact) mass is 768 g/mol. The van der Waals surface area contributed by atoms with Gasteiger partial charge in [-0.15, -0.1) is 0 Å². The lowest BCUT2D eigenvalue weighted by molar-refractivity contribution is 0.652. The van der Waals surface area contributed by atoms with E-state index in [1.807, 2.05) is 24.3 Å². The van der Waals surface area contributed by atoms with E-state index in [0.29, 0.717) is 5.82 Å². The largest absolute Gasteiger partial charge is 0.228 e. The summed E-state index contributed by atoms with van der Waals surface area (Å²) in [7, 11) is 0. The van der Waals surface area contributed by atoms with Crippen LogP contribution in [0, 0.1) is 0 Å². The Kier molecular flexibility index (Phi) is 8.22. The van der Waals surface area contributed by atoms with Gasteiger partial charge >= 0.3 is 0 Å². The molecule has 2 aliphatic carbocycles. The van der Waals surface area contributed by atoms with Crippen molar-refractivity contribution in [3.05, 3.63) is 216 Å². The summed E-state index contributed by atoms with van der Waals surface area (Å²) in [4.78, 5) is 10.2. The van der Waals surface area contributed by atoms with Gasteiger partial charge in [0.15, 0.2) is 5.82 Å². The third-order valence-electron chi connectivity index (χ3n) is 13.1. The average molecular weight is 769 g/mol. The number of rotatable bonds is 6. The maximum Gasteiger partial charge on any atom is 0.160 e. The number of nitrogens with zero attached hydrogens (tertiary/aromatic N) is 2. The summed E-state index contributed by atoms with van der Waals surface area (Å²) in [6, 6.07) is 70.3. The molecule has 0 saturated heterocycles. The molecular formula is C58H44N2. The van der Waals surface area contributed by atoms with E-state index >= 15 is 0 Å². The minimum absolute atomic E-state index is 0.0520. The van der Waals surface area contributed by atoms with Gasteiger partial charge < -0.3 is 0 Å². The van der Waals surface area contributed by atoms with E-state index in [2.05, 4.69) is 198 Å². The fraction of sp³-hybridized carbons (Fsp3) is 0.103. The smallest absolute Gasteiger partial charge is 0.160 e. The molecule has 0 saturated carbocycles. The van der Waals surface area contributed by atoms with Crippen molar-refractivity contribution >= 4 is 0 Å². The molecule has 9 aromatic rings. The lowest BCUT2D eigenvalue weighted by Gasteiger charge is -2.24. The summed E-state index contributed by atoms with van der Waals surface area (Å²) >= 11 is 0. The van der Waals surface area contributed by atoms with E-state index in [1.165, 1.54) is 72.3 Å². The zero-order chi connectivity index (χ0) is 40.6. The van der Waals surface area contributed by atoms with Crippen molar-refractivity contribution in [1.82, 2.24) is 9.97 Å². The second kappa shape index (κ2) is 13.7. The molecule has 0 atom stereocenters. The van der Waals surface area contributed by atoms with Gasteiger partial charge in [0, 0.05) is 27.5 Å².